The zero-order valence-corrected chi connectivity index (χ0v) is 16.4. The van der Waals surface area contributed by atoms with Crippen LogP contribution in [0.25, 0.3) is 0 Å². The van der Waals surface area contributed by atoms with Gasteiger partial charge in [-0.1, -0.05) is 12.1 Å². The van der Waals surface area contributed by atoms with Crippen LogP contribution in [0.1, 0.15) is 48.9 Å². The number of hydrogen-bond acceptors (Lipinski definition) is 4. The van der Waals surface area contributed by atoms with Crippen molar-refractivity contribution < 1.29 is 14.3 Å². The maximum Gasteiger partial charge on any atom is 0.251 e. The monoisotopic (exact) mass is 393 g/mol. The Hall–Kier alpha value is -3.02. The summed E-state index contributed by atoms with van der Waals surface area (Å²) in [5.41, 5.74) is 2.01. The van der Waals surface area contributed by atoms with Crippen LogP contribution in [0, 0.1) is 0 Å². The van der Waals surface area contributed by atoms with Crippen LogP contribution in [0.15, 0.2) is 48.5 Å². The van der Waals surface area contributed by atoms with Crippen LogP contribution in [0.5, 0.6) is 5.75 Å². The van der Waals surface area contributed by atoms with E-state index in [2.05, 4.69) is 16.0 Å². The molecule has 0 radical (unpaired) electrons. The van der Waals surface area contributed by atoms with Crippen LogP contribution in [0.4, 0.5) is 11.4 Å². The number of carbonyl (C=O) groups is 2. The fourth-order valence-electron chi connectivity index (χ4n) is 3.50. The Kier molecular flexibility index (Phi) is 5.98. The molecule has 4 rings (SSSR count). The average Bonchev–Trinajstić information content (AvgIpc) is 3.39. The third kappa shape index (κ3) is 5.73. The zero-order valence-electron chi connectivity index (χ0n) is 16.4. The Balaban J connectivity index is 1.28. The Bertz CT molecular complexity index is 873. The summed E-state index contributed by atoms with van der Waals surface area (Å²) in [6.45, 7) is 0.130. The van der Waals surface area contributed by atoms with Gasteiger partial charge in [0.15, 0.2) is 0 Å². The molecule has 6 heteroatoms. The lowest BCUT2D eigenvalue weighted by molar-refractivity contribution is -0.114. The van der Waals surface area contributed by atoms with E-state index in [1.165, 1.54) is 12.8 Å². The number of nitrogens with one attached hydrogen (secondary N) is 3. The number of carbonyl (C=O) groups excluding carboxylic acids is 2. The molecule has 0 saturated heterocycles. The summed E-state index contributed by atoms with van der Waals surface area (Å²) in [7, 11) is 0. The van der Waals surface area contributed by atoms with Crippen molar-refractivity contribution in [2.45, 2.75) is 50.7 Å². The van der Waals surface area contributed by atoms with Crippen LogP contribution in [0.2, 0.25) is 0 Å². The normalized spacial score (nSPS) is 16.3. The SMILES string of the molecule is O=C(CNc1cccc(OC2CCCC2)c1)Nc1cccc(C(=O)NC2CC2)c1. The van der Waals surface area contributed by atoms with E-state index in [0.717, 1.165) is 37.1 Å². The summed E-state index contributed by atoms with van der Waals surface area (Å²) in [6, 6.07) is 15.0. The van der Waals surface area contributed by atoms with Gasteiger partial charge in [-0.3, -0.25) is 9.59 Å². The molecule has 2 fully saturated rings. The van der Waals surface area contributed by atoms with E-state index in [0.29, 0.717) is 23.4 Å². The van der Waals surface area contributed by atoms with Gasteiger partial charge < -0.3 is 20.7 Å². The highest BCUT2D eigenvalue weighted by molar-refractivity contribution is 5.98. The third-order valence-electron chi connectivity index (χ3n) is 5.21. The molecule has 0 heterocycles. The quantitative estimate of drug-likeness (QED) is 0.634. The molecule has 6 nitrogen and oxygen atoms in total. The minimum absolute atomic E-state index is 0.0965. The number of ether oxygens (including phenoxy) is 1. The molecule has 152 valence electrons. The lowest BCUT2D eigenvalue weighted by Gasteiger charge is -2.14. The van der Waals surface area contributed by atoms with E-state index in [4.69, 9.17) is 4.74 Å². The largest absolute Gasteiger partial charge is 0.490 e. The summed E-state index contributed by atoms with van der Waals surface area (Å²) in [5, 5.41) is 8.92. The van der Waals surface area contributed by atoms with Crippen molar-refractivity contribution in [1.29, 1.82) is 0 Å². The Morgan fingerprint density at radius 3 is 2.48 bits per heavy atom. The highest BCUT2D eigenvalue weighted by Gasteiger charge is 2.23. The number of hydrogen-bond donors (Lipinski definition) is 3. The molecule has 0 aliphatic heterocycles. The topological polar surface area (TPSA) is 79.5 Å². The van der Waals surface area contributed by atoms with Gasteiger partial charge in [0, 0.05) is 29.0 Å². The fourth-order valence-corrected chi connectivity index (χ4v) is 3.50. The van der Waals surface area contributed by atoms with Crippen molar-refractivity contribution in [1.82, 2.24) is 5.32 Å². The lowest BCUT2D eigenvalue weighted by Crippen LogP contribution is -2.26. The summed E-state index contributed by atoms with van der Waals surface area (Å²) in [6.07, 6.45) is 7.06. The summed E-state index contributed by atoms with van der Waals surface area (Å²) < 4.78 is 6.01. The van der Waals surface area contributed by atoms with Gasteiger partial charge in [0.25, 0.3) is 5.91 Å². The molecule has 2 aromatic carbocycles. The second-order valence-corrected chi connectivity index (χ2v) is 7.78. The molecule has 2 aliphatic carbocycles. The molecule has 0 unspecified atom stereocenters. The van der Waals surface area contributed by atoms with Crippen molar-refractivity contribution in [2.24, 2.45) is 0 Å². The molecule has 3 N–H and O–H groups in total. The van der Waals surface area contributed by atoms with Crippen LogP contribution < -0.4 is 20.7 Å². The predicted molar refractivity (Wildman–Crippen MR) is 113 cm³/mol. The van der Waals surface area contributed by atoms with Crippen molar-refractivity contribution in [3.63, 3.8) is 0 Å². The van der Waals surface area contributed by atoms with Gasteiger partial charge in [0.05, 0.1) is 12.6 Å². The van der Waals surface area contributed by atoms with E-state index in [9.17, 15) is 9.59 Å². The molecule has 2 aromatic rings. The van der Waals surface area contributed by atoms with Crippen LogP contribution >= 0.6 is 0 Å². The second-order valence-electron chi connectivity index (χ2n) is 7.78. The number of anilines is 2. The van der Waals surface area contributed by atoms with E-state index in [-0.39, 0.29) is 18.4 Å². The predicted octanol–water partition coefficient (Wildman–Crippen LogP) is 3.95. The Labute approximate surface area is 171 Å². The van der Waals surface area contributed by atoms with E-state index in [1.807, 2.05) is 24.3 Å². The molecule has 2 saturated carbocycles. The lowest BCUT2D eigenvalue weighted by atomic mass is 10.2. The number of benzene rings is 2. The Morgan fingerprint density at radius 2 is 1.69 bits per heavy atom. The van der Waals surface area contributed by atoms with E-state index < -0.39 is 0 Å². The van der Waals surface area contributed by atoms with Crippen molar-refractivity contribution >= 4 is 23.2 Å². The standard InChI is InChI=1S/C23H27N3O3/c27-22(25-19-7-3-5-16(13-19)23(28)26-17-11-12-17)15-24-18-6-4-10-21(14-18)29-20-8-1-2-9-20/h3-7,10,13-14,17,20,24H,1-2,8-9,11-12,15H2,(H,25,27)(H,26,28). The molecule has 2 amide bonds. The van der Waals surface area contributed by atoms with Crippen LogP contribution in [0.3, 0.4) is 0 Å². The van der Waals surface area contributed by atoms with E-state index >= 15 is 0 Å². The summed E-state index contributed by atoms with van der Waals surface area (Å²) in [4.78, 5) is 24.5. The molecule has 0 aromatic heterocycles. The van der Waals surface area contributed by atoms with Crippen molar-refractivity contribution in [3.8, 4) is 5.75 Å². The van der Waals surface area contributed by atoms with Crippen LogP contribution in [-0.4, -0.2) is 30.5 Å². The molecular weight excluding hydrogens is 366 g/mol. The molecule has 29 heavy (non-hydrogen) atoms. The van der Waals surface area contributed by atoms with Gasteiger partial charge in [-0.15, -0.1) is 0 Å². The maximum absolute atomic E-state index is 12.3. The Morgan fingerprint density at radius 1 is 0.931 bits per heavy atom. The van der Waals surface area contributed by atoms with Gasteiger partial charge in [-0.2, -0.15) is 0 Å². The van der Waals surface area contributed by atoms with E-state index in [1.54, 1.807) is 24.3 Å². The number of rotatable bonds is 8. The van der Waals surface area contributed by atoms with Gasteiger partial charge in [-0.25, -0.2) is 0 Å². The van der Waals surface area contributed by atoms with Gasteiger partial charge >= 0.3 is 0 Å². The fraction of sp³-hybridized carbons (Fsp3) is 0.391. The van der Waals surface area contributed by atoms with Gasteiger partial charge in [0.1, 0.15) is 5.75 Å². The third-order valence-corrected chi connectivity index (χ3v) is 5.21. The first-order chi connectivity index (χ1) is 14.2. The molecule has 0 spiro atoms. The maximum atomic E-state index is 12.3. The first-order valence-electron chi connectivity index (χ1n) is 10.4. The van der Waals surface area contributed by atoms with Gasteiger partial charge in [0.2, 0.25) is 5.91 Å². The van der Waals surface area contributed by atoms with Crippen LogP contribution in [-0.2, 0) is 4.79 Å². The molecule has 0 bridgehead atoms. The minimum atomic E-state index is -0.174. The summed E-state index contributed by atoms with van der Waals surface area (Å²) >= 11 is 0. The molecular formula is C23H27N3O3. The molecule has 0 atom stereocenters. The number of amides is 2. The highest BCUT2D eigenvalue weighted by atomic mass is 16.5. The first-order valence-corrected chi connectivity index (χ1v) is 10.4. The minimum Gasteiger partial charge on any atom is -0.490 e. The molecule has 2 aliphatic rings. The highest BCUT2D eigenvalue weighted by Crippen LogP contribution is 2.25. The average molecular weight is 393 g/mol. The van der Waals surface area contributed by atoms with Crippen molar-refractivity contribution in [2.75, 3.05) is 17.2 Å². The van der Waals surface area contributed by atoms with Crippen molar-refractivity contribution in [3.05, 3.63) is 54.1 Å². The zero-order chi connectivity index (χ0) is 20.1. The second kappa shape index (κ2) is 8.99. The first kappa shape index (κ1) is 19.3. The summed E-state index contributed by atoms with van der Waals surface area (Å²) in [5.74, 6) is 0.560. The van der Waals surface area contributed by atoms with Gasteiger partial charge in [-0.05, 0) is 68.9 Å². The smallest absolute Gasteiger partial charge is 0.251 e.